The lowest BCUT2D eigenvalue weighted by Gasteiger charge is -2.10. The Kier molecular flexibility index (Phi) is 2.33. The summed E-state index contributed by atoms with van der Waals surface area (Å²) in [6.45, 7) is 0. The molecule has 0 saturated heterocycles. The molecule has 0 N–H and O–H groups in total. The summed E-state index contributed by atoms with van der Waals surface area (Å²) >= 11 is 0. The van der Waals surface area contributed by atoms with Crippen molar-refractivity contribution in [3.63, 3.8) is 0 Å². The van der Waals surface area contributed by atoms with Crippen molar-refractivity contribution in [2.45, 2.75) is 6.42 Å². The first-order valence-electron chi connectivity index (χ1n) is 6.52. The monoisotopic (exact) mass is 261 g/mol. The standard InChI is InChI=1S/C17H11NO2/c19-14-10-16-17(12-7-5-4-6-11(12)14)18-13-8-2-1-3-9-15(13)20-16/h2-10H,1H2. The molecular weight excluding hydrogens is 250 g/mol. The molecule has 0 bridgehead atoms. The Labute approximate surface area is 115 Å². The van der Waals surface area contributed by atoms with Crippen LogP contribution in [0.3, 0.4) is 0 Å². The minimum atomic E-state index is -0.0354. The van der Waals surface area contributed by atoms with Crippen molar-refractivity contribution in [2.75, 3.05) is 0 Å². The Hall–Kier alpha value is -2.68. The zero-order valence-electron chi connectivity index (χ0n) is 10.7. The van der Waals surface area contributed by atoms with Crippen molar-refractivity contribution >= 4 is 22.9 Å². The van der Waals surface area contributed by atoms with Crippen LogP contribution in [0.15, 0.2) is 51.7 Å². The van der Waals surface area contributed by atoms with E-state index in [1.807, 2.05) is 48.6 Å². The van der Waals surface area contributed by atoms with Crippen LogP contribution in [0.1, 0.15) is 17.9 Å². The summed E-state index contributed by atoms with van der Waals surface area (Å²) in [4.78, 5) is 16.8. The average molecular weight is 261 g/mol. The summed E-state index contributed by atoms with van der Waals surface area (Å²) in [5.41, 5.74) is 1.50. The molecule has 0 radical (unpaired) electrons. The number of nitrogens with zero attached hydrogens (tertiary/aromatic N) is 1. The lowest BCUT2D eigenvalue weighted by molar-refractivity contribution is 0.545. The Bertz CT molecular complexity index is 903. The number of hydrogen-bond donors (Lipinski definition) is 0. The highest BCUT2D eigenvalue weighted by molar-refractivity contribution is 5.95. The molecule has 0 fully saturated rings. The lowest BCUT2D eigenvalue weighted by Crippen LogP contribution is -2.04. The third-order valence-corrected chi connectivity index (χ3v) is 3.46. The van der Waals surface area contributed by atoms with Crippen LogP contribution in [0, 0.1) is 0 Å². The number of benzene rings is 2. The molecule has 3 nitrogen and oxygen atoms in total. The second-order valence-electron chi connectivity index (χ2n) is 4.77. The fourth-order valence-electron chi connectivity index (χ4n) is 2.51. The van der Waals surface area contributed by atoms with Crippen molar-refractivity contribution in [2.24, 2.45) is 0 Å². The maximum atomic E-state index is 12.1. The van der Waals surface area contributed by atoms with E-state index in [4.69, 9.17) is 4.42 Å². The first kappa shape index (κ1) is 11.2. The van der Waals surface area contributed by atoms with Gasteiger partial charge < -0.3 is 4.42 Å². The third kappa shape index (κ3) is 1.60. The Balaban J connectivity index is 2.18. The molecule has 1 heterocycles. The van der Waals surface area contributed by atoms with Gasteiger partial charge in [-0.25, -0.2) is 4.98 Å². The normalized spacial score (nSPS) is 13.6. The van der Waals surface area contributed by atoms with Gasteiger partial charge in [0.25, 0.3) is 0 Å². The maximum Gasteiger partial charge on any atom is 0.190 e. The molecule has 0 aromatic heterocycles. The fraction of sp³-hybridized carbons (Fsp3) is 0.0588. The van der Waals surface area contributed by atoms with Gasteiger partial charge in [0, 0.05) is 16.8 Å². The second-order valence-corrected chi connectivity index (χ2v) is 4.77. The minimum Gasteiger partial charge on any atom is -0.453 e. The predicted molar refractivity (Wildman–Crippen MR) is 79.6 cm³/mol. The molecule has 4 rings (SSSR count). The van der Waals surface area contributed by atoms with Crippen LogP contribution in [0.4, 0.5) is 0 Å². The Morgan fingerprint density at radius 3 is 2.75 bits per heavy atom. The smallest absolute Gasteiger partial charge is 0.190 e. The highest BCUT2D eigenvalue weighted by atomic mass is 16.3. The van der Waals surface area contributed by atoms with Gasteiger partial charge in [0.15, 0.2) is 16.9 Å². The zero-order valence-corrected chi connectivity index (χ0v) is 10.7. The topological polar surface area (TPSA) is 43.1 Å². The molecule has 1 aromatic carbocycles. The predicted octanol–water partition coefficient (Wildman–Crippen LogP) is 3.72. The minimum absolute atomic E-state index is 0.0354. The summed E-state index contributed by atoms with van der Waals surface area (Å²) in [7, 11) is 0. The van der Waals surface area contributed by atoms with Gasteiger partial charge >= 0.3 is 0 Å². The van der Waals surface area contributed by atoms with Crippen LogP contribution in [0.25, 0.3) is 34.4 Å². The van der Waals surface area contributed by atoms with Crippen LogP contribution in [0.2, 0.25) is 0 Å². The molecule has 96 valence electrons. The van der Waals surface area contributed by atoms with Gasteiger partial charge in [-0.15, -0.1) is 0 Å². The van der Waals surface area contributed by atoms with E-state index >= 15 is 0 Å². The number of aromatic nitrogens is 1. The highest BCUT2D eigenvalue weighted by Crippen LogP contribution is 2.30. The maximum absolute atomic E-state index is 12.1. The summed E-state index contributed by atoms with van der Waals surface area (Å²) in [6.07, 6.45) is 8.77. The van der Waals surface area contributed by atoms with Crippen LogP contribution in [-0.2, 0) is 0 Å². The summed E-state index contributed by atoms with van der Waals surface area (Å²) in [5.74, 6) is 1.23. The van der Waals surface area contributed by atoms with Gasteiger partial charge in [-0.1, -0.05) is 36.4 Å². The van der Waals surface area contributed by atoms with Gasteiger partial charge in [-0.05, 0) is 18.6 Å². The molecule has 0 amide bonds. The molecule has 1 aliphatic heterocycles. The zero-order chi connectivity index (χ0) is 13.5. The van der Waals surface area contributed by atoms with E-state index in [1.165, 1.54) is 6.07 Å². The first-order valence-corrected chi connectivity index (χ1v) is 6.52. The van der Waals surface area contributed by atoms with Gasteiger partial charge in [0.1, 0.15) is 11.4 Å². The summed E-state index contributed by atoms with van der Waals surface area (Å²) in [6, 6.07) is 9.01. The molecule has 1 aromatic rings. The average Bonchev–Trinajstić information content (AvgIpc) is 2.70. The molecule has 20 heavy (non-hydrogen) atoms. The van der Waals surface area contributed by atoms with Gasteiger partial charge in [0.2, 0.25) is 0 Å². The molecule has 2 aliphatic carbocycles. The Morgan fingerprint density at radius 2 is 1.85 bits per heavy atom. The van der Waals surface area contributed by atoms with E-state index < -0.39 is 0 Å². The number of fused-ring (bicyclic) bond motifs is 4. The molecule has 0 spiro atoms. The lowest BCUT2D eigenvalue weighted by atomic mass is 10.0. The van der Waals surface area contributed by atoms with Crippen molar-refractivity contribution in [3.8, 4) is 11.5 Å². The number of rotatable bonds is 0. The summed E-state index contributed by atoms with van der Waals surface area (Å²) in [5, 5.41) is 1.51. The number of allylic oxidation sites excluding steroid dienone is 2. The summed E-state index contributed by atoms with van der Waals surface area (Å²) < 4.78 is 5.85. The van der Waals surface area contributed by atoms with Gasteiger partial charge in [-0.2, -0.15) is 0 Å². The van der Waals surface area contributed by atoms with Crippen LogP contribution < -0.4 is 5.43 Å². The molecule has 3 aliphatic rings. The van der Waals surface area contributed by atoms with E-state index in [2.05, 4.69) is 4.98 Å². The highest BCUT2D eigenvalue weighted by Gasteiger charge is 2.16. The SMILES string of the molecule is O=c1cc2oc3c(nc-2c2ccccc12)C=CCC=C3. The van der Waals surface area contributed by atoms with Crippen LogP contribution in [-0.4, -0.2) is 4.98 Å². The molecule has 3 heteroatoms. The number of hydrogen-bond acceptors (Lipinski definition) is 3. The van der Waals surface area contributed by atoms with Crippen molar-refractivity contribution in [1.82, 2.24) is 4.98 Å². The van der Waals surface area contributed by atoms with Crippen LogP contribution in [0.5, 0.6) is 0 Å². The van der Waals surface area contributed by atoms with Crippen molar-refractivity contribution in [3.05, 3.63) is 64.2 Å². The van der Waals surface area contributed by atoms with Gasteiger partial charge in [-0.3, -0.25) is 4.79 Å². The molecule has 0 saturated carbocycles. The third-order valence-electron chi connectivity index (χ3n) is 3.46. The van der Waals surface area contributed by atoms with E-state index in [-0.39, 0.29) is 5.43 Å². The quantitative estimate of drug-likeness (QED) is 0.579. The van der Waals surface area contributed by atoms with E-state index in [0.29, 0.717) is 16.9 Å². The molecule has 0 unspecified atom stereocenters. The van der Waals surface area contributed by atoms with E-state index in [0.717, 1.165) is 23.2 Å². The fourth-order valence-corrected chi connectivity index (χ4v) is 2.51. The second kappa shape index (κ2) is 4.17. The first-order chi connectivity index (χ1) is 9.83. The largest absolute Gasteiger partial charge is 0.453 e. The Morgan fingerprint density at radius 1 is 1.05 bits per heavy atom. The molecule has 0 atom stereocenters. The van der Waals surface area contributed by atoms with Crippen molar-refractivity contribution in [1.29, 1.82) is 0 Å². The van der Waals surface area contributed by atoms with E-state index in [1.54, 1.807) is 0 Å². The van der Waals surface area contributed by atoms with Crippen LogP contribution >= 0.6 is 0 Å². The van der Waals surface area contributed by atoms with E-state index in [9.17, 15) is 4.79 Å². The molecular formula is C17H11NO2. The van der Waals surface area contributed by atoms with Gasteiger partial charge in [0.05, 0.1) is 0 Å². The van der Waals surface area contributed by atoms with Crippen molar-refractivity contribution < 1.29 is 4.42 Å².